The van der Waals surface area contributed by atoms with Gasteiger partial charge in [0.25, 0.3) is 0 Å². The second-order valence-corrected chi connectivity index (χ2v) is 4.33. The number of nitrogens with zero attached hydrogens (tertiary/aromatic N) is 1. The summed E-state index contributed by atoms with van der Waals surface area (Å²) < 4.78 is 5.16. The minimum Gasteiger partial charge on any atom is -0.457 e. The topological polar surface area (TPSA) is 50.1 Å². The first kappa shape index (κ1) is 13.1. The molecule has 0 bridgehead atoms. The predicted molar refractivity (Wildman–Crippen MR) is 71.7 cm³/mol. The zero-order valence-electron chi connectivity index (χ0n) is 9.97. The molecule has 0 heterocycles. The smallest absolute Gasteiger partial charge is 0.338 e. The van der Waals surface area contributed by atoms with Crippen LogP contribution in [0.5, 0.6) is 0 Å². The largest absolute Gasteiger partial charge is 0.457 e. The van der Waals surface area contributed by atoms with Crippen molar-refractivity contribution in [2.75, 3.05) is 0 Å². The first-order valence-corrected chi connectivity index (χ1v) is 5.98. The Morgan fingerprint density at radius 2 is 1.95 bits per heavy atom. The Morgan fingerprint density at radius 1 is 1.21 bits per heavy atom. The maximum atomic E-state index is 11.8. The van der Waals surface area contributed by atoms with Crippen LogP contribution in [0, 0.1) is 11.3 Å². The van der Waals surface area contributed by atoms with Crippen LogP contribution in [0.2, 0.25) is 5.02 Å². The molecule has 0 unspecified atom stereocenters. The lowest BCUT2D eigenvalue weighted by Crippen LogP contribution is -2.05. The van der Waals surface area contributed by atoms with Crippen LogP contribution in [0.15, 0.2) is 48.5 Å². The van der Waals surface area contributed by atoms with Gasteiger partial charge in [0.1, 0.15) is 6.61 Å². The van der Waals surface area contributed by atoms with Gasteiger partial charge < -0.3 is 4.74 Å². The van der Waals surface area contributed by atoms with Crippen LogP contribution in [-0.4, -0.2) is 5.97 Å². The van der Waals surface area contributed by atoms with Gasteiger partial charge in [-0.1, -0.05) is 29.8 Å². The summed E-state index contributed by atoms with van der Waals surface area (Å²) in [5.41, 5.74) is 1.82. The van der Waals surface area contributed by atoms with E-state index in [9.17, 15) is 4.79 Å². The van der Waals surface area contributed by atoms with Gasteiger partial charge >= 0.3 is 5.97 Å². The van der Waals surface area contributed by atoms with E-state index in [-0.39, 0.29) is 6.61 Å². The maximum Gasteiger partial charge on any atom is 0.338 e. The summed E-state index contributed by atoms with van der Waals surface area (Å²) in [7, 11) is 0. The number of nitriles is 1. The number of benzene rings is 2. The van der Waals surface area contributed by atoms with Crippen molar-refractivity contribution in [3.63, 3.8) is 0 Å². The Bertz CT molecular complexity index is 629. The number of hydrogen-bond acceptors (Lipinski definition) is 3. The molecule has 0 saturated heterocycles. The van der Waals surface area contributed by atoms with Gasteiger partial charge in [-0.2, -0.15) is 5.26 Å². The van der Waals surface area contributed by atoms with Crippen molar-refractivity contribution in [2.45, 2.75) is 6.61 Å². The number of halogens is 1. The monoisotopic (exact) mass is 271 g/mol. The molecule has 2 rings (SSSR count). The van der Waals surface area contributed by atoms with Gasteiger partial charge in [-0.3, -0.25) is 0 Å². The molecular weight excluding hydrogens is 262 g/mol. The van der Waals surface area contributed by atoms with E-state index in [0.29, 0.717) is 16.1 Å². The zero-order valence-corrected chi connectivity index (χ0v) is 10.7. The normalized spacial score (nSPS) is 9.68. The predicted octanol–water partition coefficient (Wildman–Crippen LogP) is 3.57. The van der Waals surface area contributed by atoms with Crippen molar-refractivity contribution < 1.29 is 9.53 Å². The fraction of sp³-hybridized carbons (Fsp3) is 0.0667. The third kappa shape index (κ3) is 3.57. The van der Waals surface area contributed by atoms with Crippen molar-refractivity contribution in [3.8, 4) is 6.07 Å². The molecule has 2 aromatic rings. The molecule has 0 N–H and O–H groups in total. The Labute approximate surface area is 116 Å². The lowest BCUT2D eigenvalue weighted by atomic mass is 10.1. The number of hydrogen-bond donors (Lipinski definition) is 0. The fourth-order valence-electron chi connectivity index (χ4n) is 1.52. The Balaban J connectivity index is 1.98. The maximum absolute atomic E-state index is 11.8. The van der Waals surface area contributed by atoms with Crippen molar-refractivity contribution in [2.24, 2.45) is 0 Å². The molecule has 3 nitrogen and oxygen atoms in total. The molecule has 4 heteroatoms. The SMILES string of the molecule is N#Cc1ccc(COC(=O)c2cccc(Cl)c2)cc1. The highest BCUT2D eigenvalue weighted by Crippen LogP contribution is 2.13. The average molecular weight is 272 g/mol. The molecule has 0 atom stereocenters. The summed E-state index contributed by atoms with van der Waals surface area (Å²) >= 11 is 5.80. The number of carbonyl (C=O) groups is 1. The van der Waals surface area contributed by atoms with E-state index in [1.54, 1.807) is 48.5 Å². The molecule has 0 fully saturated rings. The van der Waals surface area contributed by atoms with Gasteiger partial charge in [-0.05, 0) is 35.9 Å². The van der Waals surface area contributed by atoms with Crippen molar-refractivity contribution in [1.29, 1.82) is 5.26 Å². The van der Waals surface area contributed by atoms with Crippen LogP contribution in [0.1, 0.15) is 21.5 Å². The highest BCUT2D eigenvalue weighted by Gasteiger charge is 2.07. The molecular formula is C15H10ClNO2. The molecule has 0 aliphatic heterocycles. The van der Waals surface area contributed by atoms with Crippen LogP contribution in [0.3, 0.4) is 0 Å². The van der Waals surface area contributed by atoms with E-state index in [0.717, 1.165) is 5.56 Å². The van der Waals surface area contributed by atoms with Crippen molar-refractivity contribution >= 4 is 17.6 Å². The third-order valence-corrected chi connectivity index (χ3v) is 2.75. The summed E-state index contributed by atoms with van der Waals surface area (Å²) in [6.07, 6.45) is 0. The molecule has 0 aromatic heterocycles. The molecule has 2 aromatic carbocycles. The summed E-state index contributed by atoms with van der Waals surface area (Å²) in [5, 5.41) is 9.17. The molecule has 0 amide bonds. The third-order valence-electron chi connectivity index (χ3n) is 2.51. The average Bonchev–Trinajstić information content (AvgIpc) is 2.45. The molecule has 0 radical (unpaired) electrons. The summed E-state index contributed by atoms with van der Waals surface area (Å²) in [6.45, 7) is 0.164. The molecule has 0 spiro atoms. The van der Waals surface area contributed by atoms with Gasteiger partial charge in [0.15, 0.2) is 0 Å². The van der Waals surface area contributed by atoms with Gasteiger partial charge in [-0.15, -0.1) is 0 Å². The van der Waals surface area contributed by atoms with Crippen LogP contribution in [0.4, 0.5) is 0 Å². The summed E-state index contributed by atoms with van der Waals surface area (Å²) in [5.74, 6) is -0.424. The summed E-state index contributed by atoms with van der Waals surface area (Å²) in [6, 6.07) is 15.5. The quantitative estimate of drug-likeness (QED) is 0.802. The molecule has 19 heavy (non-hydrogen) atoms. The van der Waals surface area contributed by atoms with Gasteiger partial charge in [-0.25, -0.2) is 4.79 Å². The standard InChI is InChI=1S/C15H10ClNO2/c16-14-3-1-2-13(8-14)15(18)19-10-12-6-4-11(9-17)5-7-12/h1-8H,10H2. The molecule has 94 valence electrons. The van der Waals surface area contributed by atoms with Crippen molar-refractivity contribution in [3.05, 3.63) is 70.2 Å². The lowest BCUT2D eigenvalue weighted by molar-refractivity contribution is 0.0472. The Morgan fingerprint density at radius 3 is 2.58 bits per heavy atom. The van der Waals surface area contributed by atoms with Crippen molar-refractivity contribution in [1.82, 2.24) is 0 Å². The zero-order chi connectivity index (χ0) is 13.7. The molecule has 0 aliphatic carbocycles. The first-order chi connectivity index (χ1) is 9.19. The lowest BCUT2D eigenvalue weighted by Gasteiger charge is -2.05. The van der Waals surface area contributed by atoms with E-state index in [2.05, 4.69) is 0 Å². The van der Waals surface area contributed by atoms with Gasteiger partial charge in [0.2, 0.25) is 0 Å². The van der Waals surface area contributed by atoms with E-state index >= 15 is 0 Å². The number of ether oxygens (including phenoxy) is 1. The number of esters is 1. The molecule has 0 saturated carbocycles. The van der Waals surface area contributed by atoms with Gasteiger partial charge in [0.05, 0.1) is 17.2 Å². The first-order valence-electron chi connectivity index (χ1n) is 5.61. The van der Waals surface area contributed by atoms with Crippen LogP contribution in [-0.2, 0) is 11.3 Å². The van der Waals surface area contributed by atoms with E-state index < -0.39 is 5.97 Å². The Hall–Kier alpha value is -2.31. The second kappa shape index (κ2) is 6.03. The van der Waals surface area contributed by atoms with Gasteiger partial charge in [0, 0.05) is 5.02 Å². The van der Waals surface area contributed by atoms with E-state index in [1.807, 2.05) is 6.07 Å². The number of carbonyl (C=O) groups excluding carboxylic acids is 1. The van der Waals surface area contributed by atoms with Crippen LogP contribution in [0.25, 0.3) is 0 Å². The minimum atomic E-state index is -0.424. The highest BCUT2D eigenvalue weighted by atomic mass is 35.5. The van der Waals surface area contributed by atoms with Crippen LogP contribution < -0.4 is 0 Å². The minimum absolute atomic E-state index is 0.164. The van der Waals surface area contributed by atoms with Crippen LogP contribution >= 0.6 is 11.6 Å². The van der Waals surface area contributed by atoms with E-state index in [4.69, 9.17) is 21.6 Å². The second-order valence-electron chi connectivity index (χ2n) is 3.90. The fourth-order valence-corrected chi connectivity index (χ4v) is 1.71. The summed E-state index contributed by atoms with van der Waals surface area (Å²) in [4.78, 5) is 11.8. The Kier molecular flexibility index (Phi) is 4.17. The van der Waals surface area contributed by atoms with E-state index in [1.165, 1.54) is 0 Å². The number of rotatable bonds is 3. The molecule has 0 aliphatic rings. The highest BCUT2D eigenvalue weighted by molar-refractivity contribution is 6.30.